The standard InChI is InChI=1S/C18H26N2O3/c1-14(2)23-17-9-5-4-8-16(17)20(15(3)21)13-10-18(22)19-11-6-7-12-19/h4-5,8-9,14H,6-7,10-13H2,1-3H3. The van der Waals surface area contributed by atoms with E-state index in [0.29, 0.717) is 18.7 Å². The number of likely N-dealkylation sites (tertiary alicyclic amines) is 1. The summed E-state index contributed by atoms with van der Waals surface area (Å²) in [6.07, 6.45) is 2.52. The fourth-order valence-corrected chi connectivity index (χ4v) is 2.81. The molecule has 0 spiro atoms. The average molecular weight is 318 g/mol. The van der Waals surface area contributed by atoms with Crippen LogP contribution in [-0.2, 0) is 9.59 Å². The molecule has 1 aromatic rings. The van der Waals surface area contributed by atoms with Crippen molar-refractivity contribution in [3.8, 4) is 5.75 Å². The first-order chi connectivity index (χ1) is 11.0. The molecular weight excluding hydrogens is 292 g/mol. The smallest absolute Gasteiger partial charge is 0.224 e. The van der Waals surface area contributed by atoms with Gasteiger partial charge in [0, 0.05) is 33.0 Å². The summed E-state index contributed by atoms with van der Waals surface area (Å²) in [5.41, 5.74) is 0.725. The Morgan fingerprint density at radius 3 is 2.48 bits per heavy atom. The Labute approximate surface area is 138 Å². The normalized spacial score (nSPS) is 14.2. The van der Waals surface area contributed by atoms with Crippen LogP contribution in [0.4, 0.5) is 5.69 Å². The first-order valence-electron chi connectivity index (χ1n) is 8.30. The van der Waals surface area contributed by atoms with Crippen LogP contribution in [0.3, 0.4) is 0 Å². The fourth-order valence-electron chi connectivity index (χ4n) is 2.81. The Morgan fingerprint density at radius 1 is 1.22 bits per heavy atom. The molecule has 1 aliphatic heterocycles. The highest BCUT2D eigenvalue weighted by molar-refractivity contribution is 5.93. The van der Waals surface area contributed by atoms with Crippen LogP contribution in [0.15, 0.2) is 24.3 Å². The third kappa shape index (κ3) is 4.71. The molecule has 2 amide bonds. The van der Waals surface area contributed by atoms with Crippen molar-refractivity contribution in [3.63, 3.8) is 0 Å². The number of carbonyl (C=O) groups excluding carboxylic acids is 2. The van der Waals surface area contributed by atoms with Gasteiger partial charge in [-0.15, -0.1) is 0 Å². The van der Waals surface area contributed by atoms with Gasteiger partial charge in [-0.1, -0.05) is 12.1 Å². The minimum Gasteiger partial charge on any atom is -0.489 e. The van der Waals surface area contributed by atoms with Crippen LogP contribution in [-0.4, -0.2) is 42.5 Å². The number of para-hydroxylation sites is 2. The lowest BCUT2D eigenvalue weighted by Crippen LogP contribution is -2.35. The summed E-state index contributed by atoms with van der Waals surface area (Å²) < 4.78 is 5.79. The Balaban J connectivity index is 2.09. The second-order valence-corrected chi connectivity index (χ2v) is 6.14. The van der Waals surface area contributed by atoms with E-state index in [4.69, 9.17) is 4.74 Å². The van der Waals surface area contributed by atoms with Crippen molar-refractivity contribution in [2.45, 2.75) is 46.1 Å². The van der Waals surface area contributed by atoms with Crippen LogP contribution in [0, 0.1) is 0 Å². The molecule has 0 aliphatic carbocycles. The molecule has 5 heteroatoms. The molecule has 1 saturated heterocycles. The summed E-state index contributed by atoms with van der Waals surface area (Å²) in [6.45, 7) is 7.48. The van der Waals surface area contributed by atoms with Crippen molar-refractivity contribution in [1.82, 2.24) is 4.90 Å². The summed E-state index contributed by atoms with van der Waals surface area (Å²) in [5, 5.41) is 0. The third-order valence-electron chi connectivity index (χ3n) is 3.91. The molecule has 1 fully saturated rings. The van der Waals surface area contributed by atoms with Gasteiger partial charge in [-0.3, -0.25) is 9.59 Å². The zero-order valence-electron chi connectivity index (χ0n) is 14.2. The predicted octanol–water partition coefficient (Wildman–Crippen LogP) is 2.84. The van der Waals surface area contributed by atoms with Gasteiger partial charge in [0.1, 0.15) is 5.75 Å². The molecule has 1 aliphatic rings. The molecule has 0 bridgehead atoms. The van der Waals surface area contributed by atoms with Gasteiger partial charge < -0.3 is 14.5 Å². The second kappa shape index (κ2) is 7.99. The lowest BCUT2D eigenvalue weighted by molar-refractivity contribution is -0.129. The van der Waals surface area contributed by atoms with Gasteiger partial charge in [-0.2, -0.15) is 0 Å². The minimum absolute atomic E-state index is 0.0243. The maximum absolute atomic E-state index is 12.2. The predicted molar refractivity (Wildman–Crippen MR) is 90.7 cm³/mol. The summed E-state index contributed by atoms with van der Waals surface area (Å²) >= 11 is 0. The molecule has 0 N–H and O–H groups in total. The van der Waals surface area contributed by atoms with Crippen molar-refractivity contribution in [2.24, 2.45) is 0 Å². The summed E-state index contributed by atoms with van der Waals surface area (Å²) in [4.78, 5) is 27.8. The van der Waals surface area contributed by atoms with Crippen molar-refractivity contribution >= 4 is 17.5 Å². The lowest BCUT2D eigenvalue weighted by Gasteiger charge is -2.25. The van der Waals surface area contributed by atoms with Crippen LogP contribution in [0.1, 0.15) is 40.0 Å². The number of rotatable bonds is 6. The van der Waals surface area contributed by atoms with E-state index in [1.165, 1.54) is 6.92 Å². The number of hydrogen-bond acceptors (Lipinski definition) is 3. The minimum atomic E-state index is -0.0842. The SMILES string of the molecule is CC(=O)N(CCC(=O)N1CCCC1)c1ccccc1OC(C)C. The first kappa shape index (κ1) is 17.3. The average Bonchev–Trinajstić information content (AvgIpc) is 3.02. The van der Waals surface area contributed by atoms with Crippen LogP contribution in [0.2, 0.25) is 0 Å². The largest absolute Gasteiger partial charge is 0.489 e. The maximum Gasteiger partial charge on any atom is 0.224 e. The molecule has 5 nitrogen and oxygen atoms in total. The van der Waals surface area contributed by atoms with Crippen molar-refractivity contribution in [1.29, 1.82) is 0 Å². The first-order valence-corrected chi connectivity index (χ1v) is 8.30. The highest BCUT2D eigenvalue weighted by Crippen LogP contribution is 2.29. The van der Waals surface area contributed by atoms with Gasteiger partial charge in [0.2, 0.25) is 11.8 Å². The van der Waals surface area contributed by atoms with Gasteiger partial charge >= 0.3 is 0 Å². The van der Waals surface area contributed by atoms with Crippen LogP contribution in [0.5, 0.6) is 5.75 Å². The molecular formula is C18H26N2O3. The molecule has 2 rings (SSSR count). The van der Waals surface area contributed by atoms with Crippen LogP contribution < -0.4 is 9.64 Å². The van der Waals surface area contributed by atoms with E-state index in [1.54, 1.807) is 4.90 Å². The topological polar surface area (TPSA) is 49.9 Å². The molecule has 1 heterocycles. The number of carbonyl (C=O) groups is 2. The highest BCUT2D eigenvalue weighted by Gasteiger charge is 2.21. The maximum atomic E-state index is 12.2. The monoisotopic (exact) mass is 318 g/mol. The molecule has 0 radical (unpaired) electrons. The number of hydrogen-bond donors (Lipinski definition) is 0. The molecule has 126 valence electrons. The second-order valence-electron chi connectivity index (χ2n) is 6.14. The number of nitrogens with zero attached hydrogens (tertiary/aromatic N) is 2. The van der Waals surface area contributed by atoms with E-state index in [1.807, 2.05) is 43.0 Å². The van der Waals surface area contributed by atoms with Crippen molar-refractivity contribution < 1.29 is 14.3 Å². The van der Waals surface area contributed by atoms with Crippen LogP contribution in [0.25, 0.3) is 0 Å². The zero-order valence-corrected chi connectivity index (χ0v) is 14.2. The van der Waals surface area contributed by atoms with Gasteiger partial charge in [0.05, 0.1) is 11.8 Å². The Bertz CT molecular complexity index is 551. The highest BCUT2D eigenvalue weighted by atomic mass is 16.5. The van der Waals surface area contributed by atoms with E-state index in [9.17, 15) is 9.59 Å². The molecule has 0 saturated carbocycles. The molecule has 0 aromatic heterocycles. The molecule has 0 atom stereocenters. The Morgan fingerprint density at radius 2 is 1.87 bits per heavy atom. The van der Waals surface area contributed by atoms with Crippen molar-refractivity contribution in [3.05, 3.63) is 24.3 Å². The van der Waals surface area contributed by atoms with Gasteiger partial charge in [-0.05, 0) is 38.8 Å². The molecule has 1 aromatic carbocycles. The fraction of sp³-hybridized carbons (Fsp3) is 0.556. The lowest BCUT2D eigenvalue weighted by atomic mass is 10.2. The summed E-state index contributed by atoms with van der Waals surface area (Å²) in [7, 11) is 0. The van der Waals surface area contributed by atoms with E-state index in [0.717, 1.165) is 31.6 Å². The number of amides is 2. The van der Waals surface area contributed by atoms with Gasteiger partial charge in [-0.25, -0.2) is 0 Å². The zero-order chi connectivity index (χ0) is 16.8. The van der Waals surface area contributed by atoms with Gasteiger partial charge in [0.15, 0.2) is 0 Å². The van der Waals surface area contributed by atoms with Gasteiger partial charge in [0.25, 0.3) is 0 Å². The molecule has 0 unspecified atom stereocenters. The summed E-state index contributed by atoms with van der Waals surface area (Å²) in [6, 6.07) is 7.47. The quantitative estimate of drug-likeness (QED) is 0.810. The van der Waals surface area contributed by atoms with E-state index in [2.05, 4.69) is 0 Å². The van der Waals surface area contributed by atoms with E-state index in [-0.39, 0.29) is 17.9 Å². The van der Waals surface area contributed by atoms with E-state index >= 15 is 0 Å². The summed E-state index contributed by atoms with van der Waals surface area (Å²) in [5.74, 6) is 0.710. The van der Waals surface area contributed by atoms with E-state index < -0.39 is 0 Å². The number of benzene rings is 1. The Hall–Kier alpha value is -2.04. The Kier molecular flexibility index (Phi) is 6.02. The number of ether oxygens (including phenoxy) is 1. The number of anilines is 1. The third-order valence-corrected chi connectivity index (χ3v) is 3.91. The van der Waals surface area contributed by atoms with Crippen LogP contribution >= 0.6 is 0 Å². The van der Waals surface area contributed by atoms with Crippen molar-refractivity contribution in [2.75, 3.05) is 24.5 Å². The molecule has 23 heavy (non-hydrogen) atoms.